The second-order valence-electron chi connectivity index (χ2n) is 5.98. The topological polar surface area (TPSA) is 0 Å². The molecule has 0 unspecified atom stereocenters. The van der Waals surface area contributed by atoms with E-state index in [-0.39, 0.29) is 0 Å². The van der Waals surface area contributed by atoms with Gasteiger partial charge in [-0.25, -0.2) is 0 Å². The van der Waals surface area contributed by atoms with Crippen molar-refractivity contribution in [2.75, 3.05) is 0 Å². The SMILES string of the molecule is [CH2]CCCCCCCCCCCCCc1ccccc1. The Labute approximate surface area is 127 Å². The van der Waals surface area contributed by atoms with Crippen LogP contribution in [-0.4, -0.2) is 0 Å². The quantitative estimate of drug-likeness (QED) is 0.349. The zero-order valence-corrected chi connectivity index (χ0v) is 13.3. The van der Waals surface area contributed by atoms with Crippen LogP contribution < -0.4 is 0 Å². The molecular formula is C20H33. The molecule has 0 heteroatoms. The molecule has 1 rings (SSSR count). The Balaban J connectivity index is 1.77. The molecule has 0 aliphatic rings. The molecule has 1 aromatic rings. The predicted molar refractivity (Wildman–Crippen MR) is 90.9 cm³/mol. The highest BCUT2D eigenvalue weighted by atomic mass is 14.0. The number of hydrogen-bond acceptors (Lipinski definition) is 0. The summed E-state index contributed by atoms with van der Waals surface area (Å²) in [6, 6.07) is 10.9. The van der Waals surface area contributed by atoms with E-state index in [1.54, 1.807) is 0 Å². The monoisotopic (exact) mass is 273 g/mol. The molecule has 0 atom stereocenters. The van der Waals surface area contributed by atoms with Gasteiger partial charge in [0.05, 0.1) is 0 Å². The summed E-state index contributed by atoms with van der Waals surface area (Å²) >= 11 is 0. The Hall–Kier alpha value is -0.780. The van der Waals surface area contributed by atoms with Gasteiger partial charge >= 0.3 is 0 Å². The summed E-state index contributed by atoms with van der Waals surface area (Å²) in [6.07, 6.45) is 17.9. The summed E-state index contributed by atoms with van der Waals surface area (Å²) < 4.78 is 0. The molecule has 1 radical (unpaired) electrons. The molecule has 0 N–H and O–H groups in total. The minimum absolute atomic E-state index is 1.11. The maximum atomic E-state index is 3.89. The summed E-state index contributed by atoms with van der Waals surface area (Å²) in [4.78, 5) is 0. The van der Waals surface area contributed by atoms with Crippen LogP contribution in [0.1, 0.15) is 82.6 Å². The highest BCUT2D eigenvalue weighted by Gasteiger charge is 1.94. The van der Waals surface area contributed by atoms with Crippen molar-refractivity contribution < 1.29 is 0 Å². The normalized spacial score (nSPS) is 10.8. The van der Waals surface area contributed by atoms with Crippen LogP contribution in [0, 0.1) is 6.92 Å². The van der Waals surface area contributed by atoms with Crippen LogP contribution in [0.3, 0.4) is 0 Å². The third-order valence-corrected chi connectivity index (χ3v) is 4.06. The van der Waals surface area contributed by atoms with E-state index < -0.39 is 0 Å². The number of unbranched alkanes of at least 4 members (excludes halogenated alkanes) is 11. The first-order valence-electron chi connectivity index (χ1n) is 8.76. The van der Waals surface area contributed by atoms with Crippen LogP contribution in [0.15, 0.2) is 30.3 Å². The van der Waals surface area contributed by atoms with E-state index in [1.807, 2.05) is 0 Å². The van der Waals surface area contributed by atoms with Crippen molar-refractivity contribution >= 4 is 0 Å². The van der Waals surface area contributed by atoms with E-state index in [4.69, 9.17) is 0 Å². The molecule has 0 spiro atoms. The fourth-order valence-electron chi connectivity index (χ4n) is 2.74. The van der Waals surface area contributed by atoms with E-state index in [1.165, 1.54) is 82.6 Å². The van der Waals surface area contributed by atoms with E-state index in [0.717, 1.165) is 6.42 Å². The third-order valence-electron chi connectivity index (χ3n) is 4.06. The first kappa shape index (κ1) is 17.3. The van der Waals surface area contributed by atoms with Crippen molar-refractivity contribution in [3.05, 3.63) is 42.8 Å². The second-order valence-corrected chi connectivity index (χ2v) is 5.98. The lowest BCUT2D eigenvalue weighted by molar-refractivity contribution is 0.546. The van der Waals surface area contributed by atoms with Gasteiger partial charge in [-0.05, 0) is 18.4 Å². The van der Waals surface area contributed by atoms with Crippen LogP contribution in [-0.2, 0) is 6.42 Å². The Morgan fingerprint density at radius 2 is 1.00 bits per heavy atom. The Kier molecular flexibility index (Phi) is 11.4. The fourth-order valence-corrected chi connectivity index (χ4v) is 2.74. The molecule has 0 aliphatic heterocycles. The summed E-state index contributed by atoms with van der Waals surface area (Å²) in [5, 5.41) is 0. The molecule has 0 fully saturated rings. The molecule has 113 valence electrons. The summed E-state index contributed by atoms with van der Waals surface area (Å²) in [5.74, 6) is 0. The van der Waals surface area contributed by atoms with Gasteiger partial charge in [-0.1, -0.05) is 108 Å². The highest BCUT2D eigenvalue weighted by Crippen LogP contribution is 2.13. The van der Waals surface area contributed by atoms with Gasteiger partial charge < -0.3 is 0 Å². The Bertz CT molecular complexity index is 288. The molecule has 1 aromatic carbocycles. The lowest BCUT2D eigenvalue weighted by Crippen LogP contribution is -1.86. The van der Waals surface area contributed by atoms with Crippen molar-refractivity contribution in [1.29, 1.82) is 0 Å². The van der Waals surface area contributed by atoms with E-state index in [0.29, 0.717) is 0 Å². The van der Waals surface area contributed by atoms with E-state index in [9.17, 15) is 0 Å². The largest absolute Gasteiger partial charge is 0.0622 e. The van der Waals surface area contributed by atoms with Crippen LogP contribution in [0.5, 0.6) is 0 Å². The van der Waals surface area contributed by atoms with Gasteiger partial charge in [-0.2, -0.15) is 0 Å². The van der Waals surface area contributed by atoms with Crippen LogP contribution >= 0.6 is 0 Å². The molecule has 0 amide bonds. The number of aryl methyl sites for hydroxylation is 1. The Morgan fingerprint density at radius 3 is 1.50 bits per heavy atom. The first-order valence-corrected chi connectivity index (χ1v) is 8.76. The molecular weight excluding hydrogens is 240 g/mol. The molecule has 0 saturated heterocycles. The van der Waals surface area contributed by atoms with E-state index >= 15 is 0 Å². The molecule has 0 aliphatic carbocycles. The van der Waals surface area contributed by atoms with Crippen molar-refractivity contribution in [1.82, 2.24) is 0 Å². The van der Waals surface area contributed by atoms with Gasteiger partial charge in [0.15, 0.2) is 0 Å². The second kappa shape index (κ2) is 13.2. The molecule has 0 bridgehead atoms. The molecule has 0 aromatic heterocycles. The lowest BCUT2D eigenvalue weighted by atomic mass is 10.0. The highest BCUT2D eigenvalue weighted by molar-refractivity contribution is 5.14. The predicted octanol–water partition coefficient (Wildman–Crippen LogP) is 6.74. The zero-order chi connectivity index (χ0) is 14.3. The zero-order valence-electron chi connectivity index (χ0n) is 13.3. The standard InChI is InChI=1S/C20H33/c1-2-3-4-5-6-7-8-9-10-11-12-14-17-20-18-15-13-16-19-20/h13,15-16,18-19H,1-12,14,17H2. The van der Waals surface area contributed by atoms with Gasteiger partial charge in [0, 0.05) is 0 Å². The maximum Gasteiger partial charge on any atom is -0.0279 e. The average molecular weight is 273 g/mol. The van der Waals surface area contributed by atoms with Gasteiger partial charge in [0.2, 0.25) is 0 Å². The minimum atomic E-state index is 1.11. The number of hydrogen-bond donors (Lipinski definition) is 0. The van der Waals surface area contributed by atoms with Crippen LogP contribution in [0.25, 0.3) is 0 Å². The smallest absolute Gasteiger partial charge is 0.0279 e. The van der Waals surface area contributed by atoms with Crippen molar-refractivity contribution in [3.63, 3.8) is 0 Å². The summed E-state index contributed by atoms with van der Waals surface area (Å²) in [7, 11) is 0. The maximum absolute atomic E-state index is 3.89. The molecule has 0 saturated carbocycles. The van der Waals surface area contributed by atoms with Crippen molar-refractivity contribution in [2.24, 2.45) is 0 Å². The molecule has 0 nitrogen and oxygen atoms in total. The van der Waals surface area contributed by atoms with Crippen molar-refractivity contribution in [2.45, 2.75) is 83.5 Å². The fraction of sp³-hybridized carbons (Fsp3) is 0.650. The summed E-state index contributed by atoms with van der Waals surface area (Å²) in [5.41, 5.74) is 1.50. The van der Waals surface area contributed by atoms with E-state index in [2.05, 4.69) is 37.3 Å². The van der Waals surface area contributed by atoms with Gasteiger partial charge in [-0.3, -0.25) is 0 Å². The van der Waals surface area contributed by atoms with Gasteiger partial charge in [0.1, 0.15) is 0 Å². The minimum Gasteiger partial charge on any atom is -0.0622 e. The first-order chi connectivity index (χ1) is 9.93. The van der Waals surface area contributed by atoms with Gasteiger partial charge in [-0.15, -0.1) is 0 Å². The third kappa shape index (κ3) is 10.1. The number of benzene rings is 1. The lowest BCUT2D eigenvalue weighted by Gasteiger charge is -2.03. The van der Waals surface area contributed by atoms with Gasteiger partial charge in [0.25, 0.3) is 0 Å². The molecule has 20 heavy (non-hydrogen) atoms. The Morgan fingerprint density at radius 1 is 0.550 bits per heavy atom. The van der Waals surface area contributed by atoms with Crippen LogP contribution in [0.2, 0.25) is 0 Å². The summed E-state index contributed by atoms with van der Waals surface area (Å²) in [6.45, 7) is 3.89. The average Bonchev–Trinajstić information content (AvgIpc) is 2.49. The number of rotatable bonds is 13. The van der Waals surface area contributed by atoms with Crippen LogP contribution in [0.4, 0.5) is 0 Å². The molecule has 0 heterocycles. The van der Waals surface area contributed by atoms with Crippen molar-refractivity contribution in [3.8, 4) is 0 Å².